The van der Waals surface area contributed by atoms with Crippen LogP contribution in [0.2, 0.25) is 0 Å². The molecule has 0 bridgehead atoms. The van der Waals surface area contributed by atoms with Gasteiger partial charge in [0, 0.05) is 13.1 Å². The largest absolute Gasteiger partial charge is 0.469 e. The molecule has 0 saturated carbocycles. The molecule has 0 aromatic rings. The Labute approximate surface area is 109 Å². The fraction of sp³-hybridized carbons (Fsp3) is 0.917. The van der Waals surface area contributed by atoms with Crippen LogP contribution < -0.4 is 0 Å². The summed E-state index contributed by atoms with van der Waals surface area (Å²) in [6, 6.07) is 0. The van der Waals surface area contributed by atoms with Gasteiger partial charge in [0.05, 0.1) is 24.0 Å². The molecule has 106 valence electrons. The minimum absolute atomic E-state index is 0.106. The highest BCUT2D eigenvalue weighted by Crippen LogP contribution is 2.17. The van der Waals surface area contributed by atoms with Gasteiger partial charge in [-0.1, -0.05) is 0 Å². The maximum atomic E-state index is 11.7. The van der Waals surface area contributed by atoms with Crippen LogP contribution in [-0.2, 0) is 19.4 Å². The normalized spacial score (nSPS) is 22.1. The quantitative estimate of drug-likeness (QED) is 0.692. The lowest BCUT2D eigenvalue weighted by Gasteiger charge is -2.31. The number of carbonyl (C=O) groups is 1. The molecular weight excluding hydrogens is 254 g/mol. The molecule has 1 saturated heterocycles. The molecule has 0 amide bonds. The predicted molar refractivity (Wildman–Crippen MR) is 70.1 cm³/mol. The summed E-state index contributed by atoms with van der Waals surface area (Å²) in [5.41, 5.74) is 0. The van der Waals surface area contributed by atoms with E-state index in [-0.39, 0.29) is 22.9 Å². The van der Waals surface area contributed by atoms with E-state index in [1.807, 2.05) is 4.90 Å². The van der Waals surface area contributed by atoms with Gasteiger partial charge in [0.15, 0.2) is 9.84 Å². The fourth-order valence-corrected chi connectivity index (χ4v) is 3.09. The average Bonchev–Trinajstić information content (AvgIpc) is 2.35. The number of carbonyl (C=O) groups excluding carboxylic acids is 1. The second-order valence-electron chi connectivity index (χ2n) is 5.08. The number of ether oxygens (including phenoxy) is 1. The molecule has 0 aliphatic carbocycles. The van der Waals surface area contributed by atoms with Gasteiger partial charge in [-0.2, -0.15) is 0 Å². The fourth-order valence-electron chi connectivity index (χ4n) is 2.11. The summed E-state index contributed by atoms with van der Waals surface area (Å²) in [5, 5.41) is -0.335. The van der Waals surface area contributed by atoms with Gasteiger partial charge < -0.3 is 9.64 Å². The molecular formula is C12H23NO4S. The number of piperidine rings is 1. The van der Waals surface area contributed by atoms with E-state index in [0.717, 1.165) is 19.4 Å². The van der Waals surface area contributed by atoms with E-state index in [1.54, 1.807) is 13.8 Å². The molecule has 6 heteroatoms. The first-order valence-corrected chi connectivity index (χ1v) is 8.10. The minimum atomic E-state index is -3.00. The number of likely N-dealkylation sites (tertiary alicyclic amines) is 1. The summed E-state index contributed by atoms with van der Waals surface area (Å²) in [5.74, 6) is -0.129. The number of hydrogen-bond acceptors (Lipinski definition) is 5. The lowest BCUT2D eigenvalue weighted by Crippen LogP contribution is -2.41. The molecule has 0 N–H and O–H groups in total. The van der Waals surface area contributed by atoms with E-state index >= 15 is 0 Å². The molecule has 1 aliphatic rings. The first kappa shape index (κ1) is 15.4. The van der Waals surface area contributed by atoms with E-state index in [2.05, 4.69) is 0 Å². The maximum absolute atomic E-state index is 11.7. The number of hydrogen-bond donors (Lipinski definition) is 0. The van der Waals surface area contributed by atoms with E-state index in [1.165, 1.54) is 7.11 Å². The third kappa shape index (κ3) is 4.24. The Hall–Kier alpha value is -0.620. The van der Waals surface area contributed by atoms with Crippen molar-refractivity contribution in [2.24, 2.45) is 5.92 Å². The summed E-state index contributed by atoms with van der Waals surface area (Å²) >= 11 is 0. The first-order valence-electron chi connectivity index (χ1n) is 6.38. The molecule has 18 heavy (non-hydrogen) atoms. The Morgan fingerprint density at radius 2 is 2.11 bits per heavy atom. The van der Waals surface area contributed by atoms with Crippen LogP contribution in [0.5, 0.6) is 0 Å². The zero-order valence-corrected chi connectivity index (χ0v) is 12.2. The summed E-state index contributed by atoms with van der Waals surface area (Å²) in [6.07, 6.45) is 1.75. The van der Waals surface area contributed by atoms with Crippen molar-refractivity contribution in [1.82, 2.24) is 4.90 Å². The van der Waals surface area contributed by atoms with Crippen LogP contribution in [-0.4, -0.2) is 57.0 Å². The highest BCUT2D eigenvalue weighted by Gasteiger charge is 2.27. The molecule has 1 atom stereocenters. The van der Waals surface area contributed by atoms with Crippen molar-refractivity contribution in [1.29, 1.82) is 0 Å². The van der Waals surface area contributed by atoms with Crippen molar-refractivity contribution in [2.45, 2.75) is 31.9 Å². The van der Waals surface area contributed by atoms with Gasteiger partial charge in [-0.3, -0.25) is 4.79 Å². The lowest BCUT2D eigenvalue weighted by molar-refractivity contribution is -0.147. The van der Waals surface area contributed by atoms with Crippen molar-refractivity contribution >= 4 is 15.8 Å². The molecule has 1 unspecified atom stereocenters. The molecule has 0 aromatic heterocycles. The molecule has 1 rings (SSSR count). The predicted octanol–water partition coefficient (Wildman–Crippen LogP) is 0.695. The SMILES string of the molecule is COC(=O)C1CCCN(CCS(=O)(=O)C(C)C)C1. The third-order valence-electron chi connectivity index (χ3n) is 3.45. The standard InChI is InChI=1S/C12H23NO4S/c1-10(2)18(15,16)8-7-13-6-4-5-11(9-13)12(14)17-3/h10-11H,4-9H2,1-3H3. The smallest absolute Gasteiger partial charge is 0.309 e. The molecule has 0 radical (unpaired) electrons. The van der Waals surface area contributed by atoms with Gasteiger partial charge in [-0.15, -0.1) is 0 Å². The molecule has 0 spiro atoms. The van der Waals surface area contributed by atoms with E-state index < -0.39 is 9.84 Å². The number of sulfone groups is 1. The van der Waals surface area contributed by atoms with Gasteiger partial charge in [-0.05, 0) is 33.2 Å². The van der Waals surface area contributed by atoms with Gasteiger partial charge in [0.1, 0.15) is 0 Å². The Morgan fingerprint density at radius 3 is 2.67 bits per heavy atom. The Kier molecular flexibility index (Phi) is 5.59. The monoisotopic (exact) mass is 277 g/mol. The minimum Gasteiger partial charge on any atom is -0.469 e. The number of rotatable bonds is 5. The summed E-state index contributed by atoms with van der Waals surface area (Å²) in [6.45, 7) is 5.38. The first-order chi connectivity index (χ1) is 8.36. The highest BCUT2D eigenvalue weighted by atomic mass is 32.2. The molecule has 1 fully saturated rings. The van der Waals surface area contributed by atoms with Gasteiger partial charge in [0.25, 0.3) is 0 Å². The van der Waals surface area contributed by atoms with Gasteiger partial charge in [-0.25, -0.2) is 8.42 Å². The Bertz CT molecular complexity index is 378. The van der Waals surface area contributed by atoms with Crippen LogP contribution in [0.15, 0.2) is 0 Å². The van der Waals surface area contributed by atoms with Crippen LogP contribution >= 0.6 is 0 Å². The Morgan fingerprint density at radius 1 is 1.44 bits per heavy atom. The van der Waals surface area contributed by atoms with E-state index in [0.29, 0.717) is 13.1 Å². The van der Waals surface area contributed by atoms with Crippen LogP contribution in [0.25, 0.3) is 0 Å². The van der Waals surface area contributed by atoms with Crippen LogP contribution in [0, 0.1) is 5.92 Å². The third-order valence-corrected chi connectivity index (χ3v) is 5.64. The van der Waals surface area contributed by atoms with Crippen molar-refractivity contribution in [3.63, 3.8) is 0 Å². The number of nitrogens with zero attached hydrogens (tertiary/aromatic N) is 1. The molecule has 0 aromatic carbocycles. The van der Waals surface area contributed by atoms with Gasteiger partial charge >= 0.3 is 5.97 Å². The molecule has 1 heterocycles. The van der Waals surface area contributed by atoms with E-state index in [4.69, 9.17) is 4.74 Å². The Balaban J connectivity index is 2.46. The average molecular weight is 277 g/mol. The van der Waals surface area contributed by atoms with Gasteiger partial charge in [0.2, 0.25) is 0 Å². The lowest BCUT2D eigenvalue weighted by atomic mass is 9.98. The second-order valence-corrected chi connectivity index (χ2v) is 7.76. The van der Waals surface area contributed by atoms with Crippen molar-refractivity contribution in [3.8, 4) is 0 Å². The summed E-state index contributed by atoms with van der Waals surface area (Å²) in [4.78, 5) is 13.5. The molecule has 1 aliphatic heterocycles. The highest BCUT2D eigenvalue weighted by molar-refractivity contribution is 7.92. The maximum Gasteiger partial charge on any atom is 0.309 e. The van der Waals surface area contributed by atoms with Crippen molar-refractivity contribution in [3.05, 3.63) is 0 Å². The van der Waals surface area contributed by atoms with Crippen LogP contribution in [0.3, 0.4) is 0 Å². The van der Waals surface area contributed by atoms with Crippen molar-refractivity contribution < 1.29 is 17.9 Å². The van der Waals surface area contributed by atoms with Crippen LogP contribution in [0.4, 0.5) is 0 Å². The van der Waals surface area contributed by atoms with E-state index in [9.17, 15) is 13.2 Å². The number of esters is 1. The molecule has 5 nitrogen and oxygen atoms in total. The zero-order chi connectivity index (χ0) is 13.8. The summed E-state index contributed by atoms with van der Waals surface area (Å²) in [7, 11) is -1.61. The zero-order valence-electron chi connectivity index (χ0n) is 11.4. The van der Waals surface area contributed by atoms with Crippen molar-refractivity contribution in [2.75, 3.05) is 32.5 Å². The second kappa shape index (κ2) is 6.52. The number of methoxy groups -OCH3 is 1. The summed E-state index contributed by atoms with van der Waals surface area (Å²) < 4.78 is 28.2. The topological polar surface area (TPSA) is 63.7 Å². The van der Waals surface area contributed by atoms with Crippen LogP contribution in [0.1, 0.15) is 26.7 Å².